The first-order valence-electron chi connectivity index (χ1n) is 13.2. The van der Waals surface area contributed by atoms with Gasteiger partial charge < -0.3 is 14.2 Å². The lowest BCUT2D eigenvalue weighted by Gasteiger charge is -2.23. The summed E-state index contributed by atoms with van der Waals surface area (Å²) >= 11 is 0. The summed E-state index contributed by atoms with van der Waals surface area (Å²) in [7, 11) is 1.58. The number of aryl methyl sites for hydroxylation is 1. The fourth-order valence-electron chi connectivity index (χ4n) is 3.67. The Morgan fingerprint density at radius 1 is 0.789 bits per heavy atom. The van der Waals surface area contributed by atoms with Gasteiger partial charge in [0.15, 0.2) is 5.78 Å². The first-order valence-corrected chi connectivity index (χ1v) is 13.2. The molecule has 6 heteroatoms. The first kappa shape index (κ1) is 30.8. The van der Waals surface area contributed by atoms with Gasteiger partial charge in [0, 0.05) is 16.7 Å². The molecule has 2 aromatic carbocycles. The van der Waals surface area contributed by atoms with Gasteiger partial charge in [-0.05, 0) is 102 Å². The summed E-state index contributed by atoms with van der Waals surface area (Å²) in [5.41, 5.74) is 1.69. The van der Waals surface area contributed by atoms with Crippen LogP contribution in [0, 0.1) is 10.8 Å². The molecule has 0 saturated heterocycles. The molecule has 0 aliphatic heterocycles. The molecule has 0 saturated carbocycles. The molecule has 0 spiro atoms. The molecule has 0 amide bonds. The van der Waals surface area contributed by atoms with E-state index < -0.39 is 10.8 Å². The van der Waals surface area contributed by atoms with Gasteiger partial charge in [-0.1, -0.05) is 26.7 Å². The van der Waals surface area contributed by atoms with Gasteiger partial charge in [-0.25, -0.2) is 0 Å². The largest absolute Gasteiger partial charge is 0.496 e. The van der Waals surface area contributed by atoms with E-state index in [0.717, 1.165) is 36.0 Å². The number of allylic oxidation sites excluding steroid dienone is 1. The van der Waals surface area contributed by atoms with Crippen molar-refractivity contribution in [2.75, 3.05) is 7.11 Å². The minimum atomic E-state index is -0.647. The Bertz CT molecular complexity index is 1170. The van der Waals surface area contributed by atoms with Crippen LogP contribution in [-0.2, 0) is 22.4 Å². The zero-order valence-corrected chi connectivity index (χ0v) is 24.3. The summed E-state index contributed by atoms with van der Waals surface area (Å²) in [5.74, 6) is 0.709. The van der Waals surface area contributed by atoms with Crippen molar-refractivity contribution >= 4 is 23.8 Å². The second-order valence-corrected chi connectivity index (χ2v) is 11.5. The highest BCUT2D eigenvalue weighted by Gasteiger charge is 2.28. The van der Waals surface area contributed by atoms with Crippen LogP contribution in [-0.4, -0.2) is 24.8 Å². The second kappa shape index (κ2) is 12.9. The van der Waals surface area contributed by atoms with E-state index >= 15 is 0 Å². The summed E-state index contributed by atoms with van der Waals surface area (Å²) in [6.07, 6.45) is 6.32. The number of carbonyl (C=O) groups excluding carboxylic acids is 3. The molecule has 0 aromatic heterocycles. The van der Waals surface area contributed by atoms with E-state index in [0.29, 0.717) is 29.2 Å². The standard InChI is InChI=1S/C32H42O6/c1-10-12-22-20-23(27(36-9)25(13-11-2)28(22)38-30(35)32(6,7)8)16-19-26(33)21-14-17-24(18-15-21)37-29(34)31(3,4)5/h14-20H,10-13H2,1-9H3/b19-16+. The van der Waals surface area contributed by atoms with Crippen LogP contribution in [0.4, 0.5) is 0 Å². The van der Waals surface area contributed by atoms with Gasteiger partial charge >= 0.3 is 11.9 Å². The molecule has 0 aliphatic rings. The number of ether oxygens (including phenoxy) is 3. The maximum atomic E-state index is 12.9. The summed E-state index contributed by atoms with van der Waals surface area (Å²) in [4.78, 5) is 37.8. The molecule has 2 rings (SSSR count). The minimum Gasteiger partial charge on any atom is -0.496 e. The maximum absolute atomic E-state index is 12.9. The van der Waals surface area contributed by atoms with Crippen molar-refractivity contribution in [1.29, 1.82) is 0 Å². The Balaban J connectivity index is 2.43. The second-order valence-electron chi connectivity index (χ2n) is 11.5. The van der Waals surface area contributed by atoms with E-state index in [1.165, 1.54) is 6.08 Å². The number of hydrogen-bond donors (Lipinski definition) is 0. The molecule has 0 atom stereocenters. The zero-order valence-electron chi connectivity index (χ0n) is 24.3. The average molecular weight is 523 g/mol. The highest BCUT2D eigenvalue weighted by atomic mass is 16.5. The number of esters is 2. The van der Waals surface area contributed by atoms with Gasteiger partial charge in [0.1, 0.15) is 17.2 Å². The smallest absolute Gasteiger partial charge is 0.316 e. The van der Waals surface area contributed by atoms with Crippen molar-refractivity contribution < 1.29 is 28.6 Å². The third kappa shape index (κ3) is 8.04. The van der Waals surface area contributed by atoms with Gasteiger partial charge in [0.25, 0.3) is 0 Å². The Morgan fingerprint density at radius 3 is 1.84 bits per heavy atom. The van der Waals surface area contributed by atoms with Crippen molar-refractivity contribution in [1.82, 2.24) is 0 Å². The number of hydrogen-bond acceptors (Lipinski definition) is 6. The summed E-state index contributed by atoms with van der Waals surface area (Å²) < 4.78 is 17.1. The third-order valence-electron chi connectivity index (χ3n) is 5.84. The van der Waals surface area contributed by atoms with Crippen LogP contribution in [0.1, 0.15) is 95.3 Å². The molecular weight excluding hydrogens is 480 g/mol. The number of carbonyl (C=O) groups is 3. The first-order chi connectivity index (χ1) is 17.7. The van der Waals surface area contributed by atoms with E-state index in [2.05, 4.69) is 13.8 Å². The predicted octanol–water partition coefficient (Wildman–Crippen LogP) is 7.40. The third-order valence-corrected chi connectivity index (χ3v) is 5.84. The fraction of sp³-hybridized carbons (Fsp3) is 0.469. The zero-order chi connectivity index (χ0) is 28.7. The molecule has 0 unspecified atom stereocenters. The van der Waals surface area contributed by atoms with Crippen molar-refractivity contribution in [2.24, 2.45) is 10.8 Å². The van der Waals surface area contributed by atoms with Crippen molar-refractivity contribution in [3.63, 3.8) is 0 Å². The number of methoxy groups -OCH3 is 1. The van der Waals surface area contributed by atoms with Crippen LogP contribution in [0.5, 0.6) is 17.2 Å². The molecule has 6 nitrogen and oxygen atoms in total. The molecule has 0 aliphatic carbocycles. The predicted molar refractivity (Wildman–Crippen MR) is 151 cm³/mol. The summed E-state index contributed by atoms with van der Waals surface area (Å²) in [6, 6.07) is 8.43. The molecule has 0 fully saturated rings. The molecule has 38 heavy (non-hydrogen) atoms. The number of benzene rings is 2. The summed E-state index contributed by atoms with van der Waals surface area (Å²) in [6.45, 7) is 15.0. The molecule has 206 valence electrons. The van der Waals surface area contributed by atoms with Gasteiger partial charge in [-0.2, -0.15) is 0 Å². The minimum absolute atomic E-state index is 0.196. The van der Waals surface area contributed by atoms with Crippen LogP contribution >= 0.6 is 0 Å². The normalized spacial score (nSPS) is 11.9. The summed E-state index contributed by atoms with van der Waals surface area (Å²) in [5, 5.41) is 0. The lowest BCUT2D eigenvalue weighted by atomic mass is 9.94. The van der Waals surface area contributed by atoms with E-state index in [1.54, 1.807) is 58.2 Å². The van der Waals surface area contributed by atoms with Crippen molar-refractivity contribution in [3.8, 4) is 17.2 Å². The number of rotatable bonds is 10. The van der Waals surface area contributed by atoms with Gasteiger partial charge in [-0.15, -0.1) is 0 Å². The van der Waals surface area contributed by atoms with Crippen LogP contribution in [0.15, 0.2) is 36.4 Å². The quantitative estimate of drug-likeness (QED) is 0.140. The molecular formula is C32H42O6. The topological polar surface area (TPSA) is 78.9 Å². The van der Waals surface area contributed by atoms with Gasteiger partial charge in [0.05, 0.1) is 17.9 Å². The average Bonchev–Trinajstić information content (AvgIpc) is 2.83. The molecule has 0 radical (unpaired) electrons. The SMILES string of the molecule is CCCc1cc(/C=C/C(=O)c2ccc(OC(=O)C(C)(C)C)cc2)c(OC)c(CCC)c1OC(=O)C(C)(C)C. The molecule has 0 heterocycles. The molecule has 2 aromatic rings. The molecule has 0 N–H and O–H groups in total. The van der Waals surface area contributed by atoms with Crippen LogP contribution < -0.4 is 14.2 Å². The van der Waals surface area contributed by atoms with Gasteiger partial charge in [0.2, 0.25) is 0 Å². The molecule has 0 bridgehead atoms. The van der Waals surface area contributed by atoms with Crippen LogP contribution in [0.2, 0.25) is 0 Å². The Morgan fingerprint density at radius 2 is 1.34 bits per heavy atom. The lowest BCUT2D eigenvalue weighted by molar-refractivity contribution is -0.143. The van der Waals surface area contributed by atoms with Crippen LogP contribution in [0.25, 0.3) is 6.08 Å². The van der Waals surface area contributed by atoms with E-state index in [4.69, 9.17) is 14.2 Å². The Kier molecular flexibility index (Phi) is 10.5. The van der Waals surface area contributed by atoms with Crippen molar-refractivity contribution in [3.05, 3.63) is 58.7 Å². The monoisotopic (exact) mass is 522 g/mol. The van der Waals surface area contributed by atoms with E-state index in [9.17, 15) is 14.4 Å². The van der Waals surface area contributed by atoms with Gasteiger partial charge in [-0.3, -0.25) is 14.4 Å². The fourth-order valence-corrected chi connectivity index (χ4v) is 3.67. The number of ketones is 1. The lowest BCUT2D eigenvalue weighted by Crippen LogP contribution is -2.26. The Labute approximate surface area is 227 Å². The maximum Gasteiger partial charge on any atom is 0.316 e. The van der Waals surface area contributed by atoms with E-state index in [-0.39, 0.29) is 17.7 Å². The highest BCUT2D eigenvalue weighted by molar-refractivity contribution is 6.07. The Hall–Kier alpha value is -3.41. The van der Waals surface area contributed by atoms with E-state index in [1.807, 2.05) is 26.8 Å². The van der Waals surface area contributed by atoms with Crippen LogP contribution in [0.3, 0.4) is 0 Å². The highest BCUT2D eigenvalue weighted by Crippen LogP contribution is 2.39. The van der Waals surface area contributed by atoms with Crippen molar-refractivity contribution in [2.45, 2.75) is 81.1 Å².